The maximum Gasteiger partial charge on any atom is 0.387 e. The molecule has 0 atom stereocenters. The fourth-order valence-electron chi connectivity index (χ4n) is 3.05. The summed E-state index contributed by atoms with van der Waals surface area (Å²) in [7, 11) is 0. The van der Waals surface area contributed by atoms with E-state index < -0.39 is 24.9 Å². The van der Waals surface area contributed by atoms with E-state index in [9.17, 15) is 31.9 Å². The lowest BCUT2D eigenvalue weighted by molar-refractivity contribution is -0.139. The Morgan fingerprint density at radius 2 is 1.61 bits per heavy atom. The lowest BCUT2D eigenvalue weighted by Crippen LogP contribution is -2.28. The van der Waals surface area contributed by atoms with Gasteiger partial charge in [0.15, 0.2) is 0 Å². The molecule has 0 saturated carbocycles. The number of nitrogens with one attached hydrogen (secondary N) is 1. The molecular formula is C22H18F4N2O5. The average Bonchev–Trinajstić information content (AvgIpc) is 3.06. The fraction of sp³-hybridized carbons (Fsp3) is 0.227. The highest BCUT2D eigenvalue weighted by atomic mass is 19.3. The van der Waals surface area contributed by atoms with Gasteiger partial charge in [0.2, 0.25) is 17.7 Å². The Morgan fingerprint density at radius 3 is 2.21 bits per heavy atom. The van der Waals surface area contributed by atoms with Gasteiger partial charge in [-0.05, 0) is 35.9 Å². The van der Waals surface area contributed by atoms with Crippen LogP contribution in [0.4, 0.5) is 23.2 Å². The van der Waals surface area contributed by atoms with Gasteiger partial charge in [0.25, 0.3) is 0 Å². The minimum absolute atomic E-state index is 0.0439. The topological polar surface area (TPSA) is 84.9 Å². The van der Waals surface area contributed by atoms with Gasteiger partial charge in [-0.1, -0.05) is 12.1 Å². The molecule has 2 aromatic carbocycles. The standard InChI is InChI=1S/C22H18F4N2O5/c23-21(24)32-16-7-3-14(17(11-16)33-22(25)26)4-8-18(29)27-15-5-1-13(2-6-15)12-28-19(30)9-10-20(28)31/h1-8,11,21-22H,9-10,12H2,(H,27,29)/b8-4+. The van der Waals surface area contributed by atoms with Crippen LogP contribution in [0, 0.1) is 0 Å². The van der Waals surface area contributed by atoms with Crippen LogP contribution in [0.15, 0.2) is 48.5 Å². The fourth-order valence-corrected chi connectivity index (χ4v) is 3.05. The molecule has 33 heavy (non-hydrogen) atoms. The minimum Gasteiger partial charge on any atom is -0.435 e. The molecule has 0 bridgehead atoms. The molecule has 174 valence electrons. The highest BCUT2D eigenvalue weighted by Crippen LogP contribution is 2.28. The molecule has 1 heterocycles. The number of ether oxygens (including phenoxy) is 2. The molecule has 0 aliphatic carbocycles. The number of rotatable bonds is 9. The van der Waals surface area contributed by atoms with E-state index in [1.165, 1.54) is 17.0 Å². The quantitative estimate of drug-likeness (QED) is 0.340. The van der Waals surface area contributed by atoms with Crippen molar-refractivity contribution in [3.05, 3.63) is 59.7 Å². The molecule has 1 fully saturated rings. The molecule has 11 heteroatoms. The molecule has 1 aliphatic heterocycles. The van der Waals surface area contributed by atoms with Crippen LogP contribution in [0.3, 0.4) is 0 Å². The van der Waals surface area contributed by atoms with Gasteiger partial charge in [-0.15, -0.1) is 0 Å². The SMILES string of the molecule is O=C(/C=C/c1ccc(OC(F)F)cc1OC(F)F)Nc1ccc(CN2C(=O)CCC2=O)cc1. The van der Waals surface area contributed by atoms with E-state index in [-0.39, 0.29) is 42.5 Å². The Labute approximate surface area is 185 Å². The van der Waals surface area contributed by atoms with Crippen molar-refractivity contribution in [1.29, 1.82) is 0 Å². The monoisotopic (exact) mass is 466 g/mol. The van der Waals surface area contributed by atoms with Crippen molar-refractivity contribution in [1.82, 2.24) is 4.90 Å². The first-order chi connectivity index (χ1) is 15.7. The third-order valence-corrected chi connectivity index (χ3v) is 4.56. The number of imide groups is 1. The van der Waals surface area contributed by atoms with Gasteiger partial charge in [-0.3, -0.25) is 19.3 Å². The number of halogens is 4. The van der Waals surface area contributed by atoms with Gasteiger partial charge >= 0.3 is 13.2 Å². The predicted molar refractivity (Wildman–Crippen MR) is 109 cm³/mol. The molecule has 0 aromatic heterocycles. The summed E-state index contributed by atoms with van der Waals surface area (Å²) in [5, 5.41) is 2.56. The highest BCUT2D eigenvalue weighted by molar-refractivity contribution is 6.02. The Bertz CT molecular complexity index is 1040. The van der Waals surface area contributed by atoms with Crippen molar-refractivity contribution >= 4 is 29.5 Å². The number of likely N-dealkylation sites (tertiary alicyclic amines) is 1. The summed E-state index contributed by atoms with van der Waals surface area (Å²) < 4.78 is 58.4. The number of alkyl halides is 4. The molecule has 0 spiro atoms. The van der Waals surface area contributed by atoms with Gasteiger partial charge in [0.1, 0.15) is 11.5 Å². The summed E-state index contributed by atoms with van der Waals surface area (Å²) in [5.74, 6) is -1.87. The van der Waals surface area contributed by atoms with Crippen molar-refractivity contribution < 1.29 is 41.4 Å². The van der Waals surface area contributed by atoms with E-state index in [0.29, 0.717) is 11.3 Å². The van der Waals surface area contributed by atoms with Crippen LogP contribution in [-0.2, 0) is 20.9 Å². The van der Waals surface area contributed by atoms with Crippen LogP contribution in [-0.4, -0.2) is 35.8 Å². The number of amides is 3. The van der Waals surface area contributed by atoms with Crippen LogP contribution in [0.5, 0.6) is 11.5 Å². The summed E-state index contributed by atoms with van der Waals surface area (Å²) in [6, 6.07) is 9.63. The van der Waals surface area contributed by atoms with Crippen LogP contribution >= 0.6 is 0 Å². The number of carbonyl (C=O) groups excluding carboxylic acids is 3. The van der Waals surface area contributed by atoms with E-state index >= 15 is 0 Å². The van der Waals surface area contributed by atoms with Gasteiger partial charge in [-0.2, -0.15) is 17.6 Å². The van der Waals surface area contributed by atoms with E-state index in [1.807, 2.05) is 0 Å². The molecule has 1 N–H and O–H groups in total. The molecule has 0 unspecified atom stereocenters. The second kappa shape index (κ2) is 10.6. The third kappa shape index (κ3) is 6.79. The lowest BCUT2D eigenvalue weighted by atomic mass is 10.1. The third-order valence-electron chi connectivity index (χ3n) is 4.56. The van der Waals surface area contributed by atoms with Gasteiger partial charge in [0, 0.05) is 36.2 Å². The van der Waals surface area contributed by atoms with Crippen LogP contribution in [0.1, 0.15) is 24.0 Å². The second-order valence-corrected chi connectivity index (χ2v) is 6.85. The first-order valence-electron chi connectivity index (χ1n) is 9.66. The van der Waals surface area contributed by atoms with Crippen molar-refractivity contribution in [2.24, 2.45) is 0 Å². The van der Waals surface area contributed by atoms with E-state index in [0.717, 1.165) is 18.2 Å². The zero-order chi connectivity index (χ0) is 24.0. The second-order valence-electron chi connectivity index (χ2n) is 6.85. The maximum atomic E-state index is 12.6. The number of anilines is 1. The number of benzene rings is 2. The Balaban J connectivity index is 1.63. The molecule has 1 aliphatic rings. The first kappa shape index (κ1) is 23.8. The lowest BCUT2D eigenvalue weighted by Gasteiger charge is -2.14. The van der Waals surface area contributed by atoms with Crippen LogP contribution < -0.4 is 14.8 Å². The molecule has 1 saturated heterocycles. The average molecular weight is 466 g/mol. The van der Waals surface area contributed by atoms with Gasteiger partial charge in [0.05, 0.1) is 6.54 Å². The molecule has 3 amide bonds. The van der Waals surface area contributed by atoms with Crippen LogP contribution in [0.25, 0.3) is 6.08 Å². The molecule has 2 aromatic rings. The summed E-state index contributed by atoms with van der Waals surface area (Å²) in [6.45, 7) is -6.21. The number of nitrogens with zero attached hydrogens (tertiary/aromatic N) is 1. The number of hydrogen-bond donors (Lipinski definition) is 1. The first-order valence-corrected chi connectivity index (χ1v) is 9.66. The Kier molecular flexibility index (Phi) is 7.65. The predicted octanol–water partition coefficient (Wildman–Crippen LogP) is 4.19. The maximum absolute atomic E-state index is 12.6. The van der Waals surface area contributed by atoms with Crippen molar-refractivity contribution in [2.45, 2.75) is 32.6 Å². The zero-order valence-electron chi connectivity index (χ0n) is 17.0. The summed E-state index contributed by atoms with van der Waals surface area (Å²) in [5.41, 5.74) is 1.16. The van der Waals surface area contributed by atoms with Gasteiger partial charge in [-0.25, -0.2) is 0 Å². The van der Waals surface area contributed by atoms with Crippen molar-refractivity contribution in [3.8, 4) is 11.5 Å². The van der Waals surface area contributed by atoms with E-state index in [4.69, 9.17) is 0 Å². The summed E-state index contributed by atoms with van der Waals surface area (Å²) in [4.78, 5) is 36.7. The van der Waals surface area contributed by atoms with Gasteiger partial charge < -0.3 is 14.8 Å². The van der Waals surface area contributed by atoms with Crippen molar-refractivity contribution in [3.63, 3.8) is 0 Å². The van der Waals surface area contributed by atoms with Crippen LogP contribution in [0.2, 0.25) is 0 Å². The van der Waals surface area contributed by atoms with E-state index in [2.05, 4.69) is 14.8 Å². The number of hydrogen-bond acceptors (Lipinski definition) is 5. The Hall–Kier alpha value is -3.89. The minimum atomic E-state index is -3.21. The molecule has 3 rings (SSSR count). The normalized spacial score (nSPS) is 13.9. The molecule has 7 nitrogen and oxygen atoms in total. The largest absolute Gasteiger partial charge is 0.435 e. The smallest absolute Gasteiger partial charge is 0.387 e. The van der Waals surface area contributed by atoms with E-state index in [1.54, 1.807) is 24.3 Å². The molecule has 0 radical (unpaired) electrons. The molecular weight excluding hydrogens is 448 g/mol. The highest BCUT2D eigenvalue weighted by Gasteiger charge is 2.28. The van der Waals surface area contributed by atoms with Crippen molar-refractivity contribution in [2.75, 3.05) is 5.32 Å². The number of carbonyl (C=O) groups is 3. The summed E-state index contributed by atoms with van der Waals surface area (Å²) >= 11 is 0. The Morgan fingerprint density at radius 1 is 0.970 bits per heavy atom. The zero-order valence-corrected chi connectivity index (χ0v) is 17.0. The summed E-state index contributed by atoms with van der Waals surface area (Å²) in [6.07, 6.45) is 2.63.